The topological polar surface area (TPSA) is 64.7 Å². The average Bonchev–Trinajstić information content (AvgIpc) is 3.05. The fourth-order valence-corrected chi connectivity index (χ4v) is 4.82. The Labute approximate surface area is 161 Å². The van der Waals surface area contributed by atoms with E-state index in [2.05, 4.69) is 27.7 Å². The summed E-state index contributed by atoms with van der Waals surface area (Å²) in [5.41, 5.74) is 1.20. The molecule has 0 spiro atoms. The number of piperidine rings is 1. The first-order valence-corrected chi connectivity index (χ1v) is 10.3. The van der Waals surface area contributed by atoms with E-state index in [0.29, 0.717) is 37.5 Å². The predicted molar refractivity (Wildman–Crippen MR) is 106 cm³/mol. The van der Waals surface area contributed by atoms with Crippen LogP contribution in [0.25, 0.3) is 0 Å². The van der Waals surface area contributed by atoms with Crippen molar-refractivity contribution >= 4 is 17.5 Å². The molecule has 0 aliphatic carbocycles. The van der Waals surface area contributed by atoms with E-state index in [0.717, 1.165) is 25.9 Å². The number of rotatable bonds is 5. The van der Waals surface area contributed by atoms with Crippen LogP contribution >= 0.6 is 0 Å². The van der Waals surface area contributed by atoms with Crippen molar-refractivity contribution in [1.29, 1.82) is 0 Å². The highest BCUT2D eigenvalue weighted by Gasteiger charge is 2.34. The summed E-state index contributed by atoms with van der Waals surface area (Å²) in [4.78, 5) is 28.9. The molecule has 0 saturated carbocycles. The van der Waals surface area contributed by atoms with Crippen LogP contribution in [0.15, 0.2) is 30.3 Å². The molecule has 146 valence electrons. The molecule has 3 aliphatic rings. The Hall–Kier alpha value is -2.08. The van der Waals surface area contributed by atoms with Gasteiger partial charge in [0.1, 0.15) is 0 Å². The maximum atomic E-state index is 12.4. The highest BCUT2D eigenvalue weighted by molar-refractivity contribution is 5.85. The Morgan fingerprint density at radius 2 is 1.67 bits per heavy atom. The zero-order valence-corrected chi connectivity index (χ0v) is 15.9. The summed E-state index contributed by atoms with van der Waals surface area (Å²) >= 11 is 0. The Morgan fingerprint density at radius 3 is 2.33 bits per heavy atom. The summed E-state index contributed by atoms with van der Waals surface area (Å²) in [7, 11) is 0. The number of hydrogen-bond donors (Lipinski definition) is 2. The van der Waals surface area contributed by atoms with Crippen molar-refractivity contribution in [2.45, 2.75) is 44.2 Å². The normalized spacial score (nSPS) is 27.5. The second-order valence-corrected chi connectivity index (χ2v) is 8.16. The summed E-state index contributed by atoms with van der Waals surface area (Å²) in [5.74, 6) is 0.521. The van der Waals surface area contributed by atoms with E-state index in [-0.39, 0.29) is 18.4 Å². The minimum Gasteiger partial charge on any atom is -0.368 e. The molecule has 6 heteroatoms. The Morgan fingerprint density at radius 1 is 1.00 bits per heavy atom. The van der Waals surface area contributed by atoms with Crippen LogP contribution in [-0.4, -0.2) is 61.5 Å². The molecule has 27 heavy (non-hydrogen) atoms. The van der Waals surface area contributed by atoms with Gasteiger partial charge in [0, 0.05) is 50.4 Å². The fraction of sp³-hybridized carbons (Fsp3) is 0.619. The van der Waals surface area contributed by atoms with Crippen molar-refractivity contribution in [1.82, 2.24) is 15.5 Å². The molecule has 1 aromatic rings. The first kappa shape index (κ1) is 18.3. The molecule has 4 rings (SSSR count). The minimum atomic E-state index is 0.0255. The number of anilines is 1. The molecule has 0 radical (unpaired) electrons. The first-order valence-electron chi connectivity index (χ1n) is 10.3. The third kappa shape index (κ3) is 4.61. The molecule has 2 bridgehead atoms. The standard InChI is InChI=1S/C21H30N4O2/c26-20(14-16-12-17-6-7-18(13-16)23-17)22-15-21(27)25-10-8-24(9-11-25)19-4-2-1-3-5-19/h1-5,16-18,23H,6-15H2,(H,22,26). The molecule has 3 saturated heterocycles. The van der Waals surface area contributed by atoms with Gasteiger partial charge in [-0.1, -0.05) is 18.2 Å². The number of benzene rings is 1. The van der Waals surface area contributed by atoms with Gasteiger partial charge in [-0.05, 0) is 43.7 Å². The number of nitrogens with one attached hydrogen (secondary N) is 2. The Bertz CT molecular complexity index is 645. The number of amides is 2. The lowest BCUT2D eigenvalue weighted by Crippen LogP contribution is -2.51. The zero-order valence-electron chi connectivity index (χ0n) is 15.9. The van der Waals surface area contributed by atoms with E-state index in [1.54, 1.807) is 0 Å². The van der Waals surface area contributed by atoms with Crippen LogP contribution in [0.5, 0.6) is 0 Å². The van der Waals surface area contributed by atoms with Crippen molar-refractivity contribution < 1.29 is 9.59 Å². The van der Waals surface area contributed by atoms with Crippen molar-refractivity contribution in [3.8, 4) is 0 Å². The van der Waals surface area contributed by atoms with Gasteiger partial charge in [-0.15, -0.1) is 0 Å². The number of carbonyl (C=O) groups is 2. The van der Waals surface area contributed by atoms with Crippen LogP contribution in [0.3, 0.4) is 0 Å². The third-order valence-electron chi connectivity index (χ3n) is 6.24. The predicted octanol–water partition coefficient (Wildman–Crippen LogP) is 1.37. The Kier molecular flexibility index (Phi) is 5.62. The zero-order chi connectivity index (χ0) is 18.6. The van der Waals surface area contributed by atoms with Crippen molar-refractivity contribution in [2.24, 2.45) is 5.92 Å². The molecule has 2 N–H and O–H groups in total. The molecule has 2 amide bonds. The third-order valence-corrected chi connectivity index (χ3v) is 6.24. The number of hydrogen-bond acceptors (Lipinski definition) is 4. The van der Waals surface area contributed by atoms with Gasteiger partial charge in [0.2, 0.25) is 11.8 Å². The van der Waals surface area contributed by atoms with Gasteiger partial charge in [-0.3, -0.25) is 9.59 Å². The van der Waals surface area contributed by atoms with Gasteiger partial charge in [0.25, 0.3) is 0 Å². The van der Waals surface area contributed by atoms with Gasteiger partial charge in [-0.25, -0.2) is 0 Å². The molecule has 0 aromatic heterocycles. The minimum absolute atomic E-state index is 0.0255. The van der Waals surface area contributed by atoms with E-state index in [4.69, 9.17) is 0 Å². The molecule has 3 fully saturated rings. The molecule has 2 unspecified atom stereocenters. The molecular weight excluding hydrogens is 340 g/mol. The molecule has 3 aliphatic heterocycles. The Balaban J connectivity index is 1.17. The summed E-state index contributed by atoms with van der Waals surface area (Å²) in [6, 6.07) is 11.5. The monoisotopic (exact) mass is 370 g/mol. The maximum Gasteiger partial charge on any atom is 0.242 e. The number of piperazine rings is 1. The van der Waals surface area contributed by atoms with Crippen LogP contribution in [0.1, 0.15) is 32.1 Å². The lowest BCUT2D eigenvalue weighted by Gasteiger charge is -2.36. The highest BCUT2D eigenvalue weighted by Crippen LogP contribution is 2.32. The summed E-state index contributed by atoms with van der Waals surface area (Å²) < 4.78 is 0. The lowest BCUT2D eigenvalue weighted by molar-refractivity contribution is -0.133. The molecule has 3 heterocycles. The summed E-state index contributed by atoms with van der Waals surface area (Å²) in [6.07, 6.45) is 5.24. The van der Waals surface area contributed by atoms with E-state index < -0.39 is 0 Å². The molecule has 2 atom stereocenters. The van der Waals surface area contributed by atoms with Gasteiger partial charge in [-0.2, -0.15) is 0 Å². The van der Waals surface area contributed by atoms with Crippen LogP contribution in [0.2, 0.25) is 0 Å². The quantitative estimate of drug-likeness (QED) is 0.822. The van der Waals surface area contributed by atoms with Crippen LogP contribution in [-0.2, 0) is 9.59 Å². The number of fused-ring (bicyclic) bond motifs is 2. The van der Waals surface area contributed by atoms with Crippen LogP contribution < -0.4 is 15.5 Å². The van der Waals surface area contributed by atoms with Crippen LogP contribution in [0, 0.1) is 5.92 Å². The van der Waals surface area contributed by atoms with E-state index in [1.807, 2.05) is 23.1 Å². The summed E-state index contributed by atoms with van der Waals surface area (Å²) in [5, 5.41) is 6.46. The first-order chi connectivity index (χ1) is 13.2. The van der Waals surface area contributed by atoms with Crippen molar-refractivity contribution in [3.05, 3.63) is 30.3 Å². The number of carbonyl (C=O) groups excluding carboxylic acids is 2. The van der Waals surface area contributed by atoms with E-state index >= 15 is 0 Å². The second-order valence-electron chi connectivity index (χ2n) is 8.16. The maximum absolute atomic E-state index is 12.4. The van der Waals surface area contributed by atoms with Crippen molar-refractivity contribution in [2.75, 3.05) is 37.6 Å². The van der Waals surface area contributed by atoms with Gasteiger partial charge in [0.05, 0.1) is 6.54 Å². The molecule has 6 nitrogen and oxygen atoms in total. The molecule has 1 aromatic carbocycles. The SMILES string of the molecule is O=C(CC1CC2CCC(C1)N2)NCC(=O)N1CCN(c2ccccc2)CC1. The van der Waals surface area contributed by atoms with Gasteiger partial charge >= 0.3 is 0 Å². The average molecular weight is 370 g/mol. The molecular formula is C21H30N4O2. The lowest BCUT2D eigenvalue weighted by atomic mass is 9.89. The summed E-state index contributed by atoms with van der Waals surface area (Å²) in [6.45, 7) is 3.22. The number of nitrogens with zero attached hydrogens (tertiary/aromatic N) is 2. The van der Waals surface area contributed by atoms with Crippen molar-refractivity contribution in [3.63, 3.8) is 0 Å². The smallest absolute Gasteiger partial charge is 0.242 e. The fourth-order valence-electron chi connectivity index (χ4n) is 4.82. The largest absolute Gasteiger partial charge is 0.368 e. The van der Waals surface area contributed by atoms with Gasteiger partial charge < -0.3 is 20.4 Å². The number of para-hydroxylation sites is 1. The van der Waals surface area contributed by atoms with E-state index in [9.17, 15) is 9.59 Å². The highest BCUT2D eigenvalue weighted by atomic mass is 16.2. The van der Waals surface area contributed by atoms with Gasteiger partial charge in [0.15, 0.2) is 0 Å². The second kappa shape index (κ2) is 8.30. The van der Waals surface area contributed by atoms with Crippen LogP contribution in [0.4, 0.5) is 5.69 Å². The van der Waals surface area contributed by atoms with E-state index in [1.165, 1.54) is 18.5 Å².